The third kappa shape index (κ3) is 3.48. The highest BCUT2D eigenvalue weighted by Gasteiger charge is 2.23. The smallest absolute Gasteiger partial charge is 0.0850 e. The summed E-state index contributed by atoms with van der Waals surface area (Å²) >= 11 is 6.37. The average molecular weight is 287 g/mol. The van der Waals surface area contributed by atoms with Crippen molar-refractivity contribution in [1.29, 1.82) is 0 Å². The molecule has 1 aliphatic rings. The number of aromatic nitrogens is 2. The Morgan fingerprint density at radius 2 is 2.42 bits per heavy atom. The summed E-state index contributed by atoms with van der Waals surface area (Å²) in [6.45, 7) is 3.78. The predicted molar refractivity (Wildman–Crippen MR) is 76.0 cm³/mol. The van der Waals surface area contributed by atoms with Crippen molar-refractivity contribution in [2.24, 2.45) is 18.8 Å². The van der Waals surface area contributed by atoms with Gasteiger partial charge in [0.1, 0.15) is 0 Å². The van der Waals surface area contributed by atoms with E-state index >= 15 is 0 Å². The fourth-order valence-corrected chi connectivity index (χ4v) is 3.03. The van der Waals surface area contributed by atoms with Crippen LogP contribution in [-0.4, -0.2) is 29.0 Å². The number of nitrogens with zero attached hydrogens (tertiary/aromatic N) is 2. The summed E-state index contributed by atoms with van der Waals surface area (Å²) < 4.78 is 7.28. The molecular formula is C13H23ClN4O. The second kappa shape index (κ2) is 6.70. The van der Waals surface area contributed by atoms with Gasteiger partial charge in [-0.05, 0) is 25.2 Å². The van der Waals surface area contributed by atoms with Gasteiger partial charge in [0.2, 0.25) is 0 Å². The maximum Gasteiger partial charge on any atom is 0.0850 e. The van der Waals surface area contributed by atoms with E-state index in [2.05, 4.69) is 17.4 Å². The van der Waals surface area contributed by atoms with E-state index in [-0.39, 0.29) is 6.04 Å². The molecule has 0 radical (unpaired) electrons. The Bertz CT molecular complexity index is 415. The average Bonchev–Trinajstić information content (AvgIpc) is 3.00. The molecule has 2 rings (SSSR count). The van der Waals surface area contributed by atoms with Crippen LogP contribution in [0.25, 0.3) is 0 Å². The van der Waals surface area contributed by atoms with Crippen LogP contribution in [0.4, 0.5) is 0 Å². The largest absolute Gasteiger partial charge is 0.381 e. The Balaban J connectivity index is 2.02. The molecule has 0 aliphatic carbocycles. The van der Waals surface area contributed by atoms with E-state index in [1.54, 1.807) is 0 Å². The quantitative estimate of drug-likeness (QED) is 0.613. The lowest BCUT2D eigenvalue weighted by Gasteiger charge is -2.19. The summed E-state index contributed by atoms with van der Waals surface area (Å²) in [7, 11) is 1.94. The second-order valence-corrected chi connectivity index (χ2v) is 5.60. The molecule has 2 atom stereocenters. The zero-order valence-corrected chi connectivity index (χ0v) is 12.4. The first kappa shape index (κ1) is 14.8. The lowest BCUT2D eigenvalue weighted by atomic mass is 9.96. The minimum Gasteiger partial charge on any atom is -0.381 e. The summed E-state index contributed by atoms with van der Waals surface area (Å²) in [6, 6.07) is 0.212. The van der Waals surface area contributed by atoms with Gasteiger partial charge in [0.25, 0.3) is 0 Å². The van der Waals surface area contributed by atoms with Crippen LogP contribution in [0.1, 0.15) is 31.2 Å². The fraction of sp³-hybridized carbons (Fsp3) is 0.769. The van der Waals surface area contributed by atoms with Crippen LogP contribution in [0.2, 0.25) is 5.02 Å². The third-order valence-corrected chi connectivity index (χ3v) is 4.26. The van der Waals surface area contributed by atoms with Gasteiger partial charge < -0.3 is 4.74 Å². The second-order valence-electron chi connectivity index (χ2n) is 5.22. The Morgan fingerprint density at radius 1 is 1.63 bits per heavy atom. The standard InChI is InChI=1S/C13H23ClN4O/c1-3-11-13(14)12(18(2)17-11)7-10(16-15)6-9-4-5-19-8-9/h9-10,16H,3-8,15H2,1-2H3. The van der Waals surface area contributed by atoms with Crippen LogP contribution in [0.3, 0.4) is 0 Å². The molecule has 2 unspecified atom stereocenters. The Hall–Kier alpha value is -0.620. The van der Waals surface area contributed by atoms with Crippen LogP contribution < -0.4 is 11.3 Å². The number of hydrogen-bond acceptors (Lipinski definition) is 4. The normalized spacial score (nSPS) is 20.9. The molecule has 0 aromatic carbocycles. The summed E-state index contributed by atoms with van der Waals surface area (Å²) in [4.78, 5) is 0. The molecule has 2 heterocycles. The third-order valence-electron chi connectivity index (χ3n) is 3.82. The van der Waals surface area contributed by atoms with E-state index in [0.717, 1.165) is 55.3 Å². The van der Waals surface area contributed by atoms with E-state index in [0.29, 0.717) is 5.92 Å². The van der Waals surface area contributed by atoms with Crippen LogP contribution in [0.5, 0.6) is 0 Å². The van der Waals surface area contributed by atoms with Crippen molar-refractivity contribution in [3.8, 4) is 0 Å². The van der Waals surface area contributed by atoms with Gasteiger partial charge >= 0.3 is 0 Å². The van der Waals surface area contributed by atoms with Gasteiger partial charge in [-0.1, -0.05) is 18.5 Å². The molecule has 0 spiro atoms. The van der Waals surface area contributed by atoms with E-state index in [1.807, 2.05) is 11.7 Å². The lowest BCUT2D eigenvalue weighted by molar-refractivity contribution is 0.181. The fourth-order valence-electron chi connectivity index (χ4n) is 2.66. The maximum absolute atomic E-state index is 6.37. The Kier molecular flexibility index (Phi) is 5.21. The number of hydrogen-bond donors (Lipinski definition) is 2. The van der Waals surface area contributed by atoms with Gasteiger partial charge in [0.05, 0.1) is 16.4 Å². The topological polar surface area (TPSA) is 65.1 Å². The van der Waals surface area contributed by atoms with E-state index in [4.69, 9.17) is 22.2 Å². The zero-order valence-electron chi connectivity index (χ0n) is 11.7. The summed E-state index contributed by atoms with van der Waals surface area (Å²) in [6.07, 6.45) is 3.79. The molecule has 6 heteroatoms. The molecule has 3 N–H and O–H groups in total. The summed E-state index contributed by atoms with van der Waals surface area (Å²) in [5.41, 5.74) is 4.92. The van der Waals surface area contributed by atoms with Crippen molar-refractivity contribution in [2.75, 3.05) is 13.2 Å². The number of nitrogens with one attached hydrogen (secondary N) is 1. The minimum atomic E-state index is 0.212. The van der Waals surface area contributed by atoms with Crippen LogP contribution in [-0.2, 0) is 24.6 Å². The highest BCUT2D eigenvalue weighted by molar-refractivity contribution is 6.31. The maximum atomic E-state index is 6.37. The van der Waals surface area contributed by atoms with Crippen molar-refractivity contribution in [3.63, 3.8) is 0 Å². The van der Waals surface area contributed by atoms with Gasteiger partial charge in [0, 0.05) is 32.7 Å². The monoisotopic (exact) mass is 286 g/mol. The van der Waals surface area contributed by atoms with Crippen molar-refractivity contribution in [3.05, 3.63) is 16.4 Å². The Labute approximate surface area is 119 Å². The van der Waals surface area contributed by atoms with Gasteiger partial charge in [-0.2, -0.15) is 5.10 Å². The highest BCUT2D eigenvalue weighted by atomic mass is 35.5. The molecule has 0 amide bonds. The minimum absolute atomic E-state index is 0.212. The van der Waals surface area contributed by atoms with Gasteiger partial charge in [-0.3, -0.25) is 16.0 Å². The lowest BCUT2D eigenvalue weighted by Crippen LogP contribution is -2.38. The molecule has 5 nitrogen and oxygen atoms in total. The van der Waals surface area contributed by atoms with Crippen LogP contribution in [0, 0.1) is 5.92 Å². The number of nitrogens with two attached hydrogens (primary N) is 1. The van der Waals surface area contributed by atoms with Gasteiger partial charge in [-0.15, -0.1) is 0 Å². The molecule has 1 saturated heterocycles. The molecule has 19 heavy (non-hydrogen) atoms. The number of hydrazine groups is 1. The SMILES string of the molecule is CCc1nn(C)c(CC(CC2CCOC2)NN)c1Cl. The molecule has 0 bridgehead atoms. The van der Waals surface area contributed by atoms with E-state index in [1.165, 1.54) is 0 Å². The summed E-state index contributed by atoms with van der Waals surface area (Å²) in [5.74, 6) is 6.27. The first-order chi connectivity index (χ1) is 9.15. The van der Waals surface area contributed by atoms with Gasteiger partial charge in [-0.25, -0.2) is 0 Å². The number of rotatable bonds is 6. The molecule has 0 saturated carbocycles. The highest BCUT2D eigenvalue weighted by Crippen LogP contribution is 2.25. The van der Waals surface area contributed by atoms with Crippen molar-refractivity contribution < 1.29 is 4.74 Å². The molecular weight excluding hydrogens is 264 g/mol. The summed E-state index contributed by atoms with van der Waals surface area (Å²) in [5, 5.41) is 5.22. The van der Waals surface area contributed by atoms with Crippen molar-refractivity contribution in [1.82, 2.24) is 15.2 Å². The first-order valence-corrected chi connectivity index (χ1v) is 7.27. The molecule has 108 valence electrons. The first-order valence-electron chi connectivity index (χ1n) is 6.89. The number of halogens is 1. The molecule has 1 aliphatic heterocycles. The molecule has 1 aromatic rings. The predicted octanol–water partition coefficient (Wildman–Crippen LogP) is 1.44. The van der Waals surface area contributed by atoms with Crippen molar-refractivity contribution >= 4 is 11.6 Å². The van der Waals surface area contributed by atoms with Crippen LogP contribution >= 0.6 is 11.6 Å². The Morgan fingerprint density at radius 3 is 2.95 bits per heavy atom. The van der Waals surface area contributed by atoms with Gasteiger partial charge in [0.15, 0.2) is 0 Å². The van der Waals surface area contributed by atoms with Crippen LogP contribution in [0.15, 0.2) is 0 Å². The van der Waals surface area contributed by atoms with E-state index in [9.17, 15) is 0 Å². The molecule has 1 fully saturated rings. The number of ether oxygens (including phenoxy) is 1. The van der Waals surface area contributed by atoms with E-state index < -0.39 is 0 Å². The zero-order chi connectivity index (χ0) is 13.8. The number of aryl methyl sites for hydroxylation is 2. The van der Waals surface area contributed by atoms with Crippen molar-refractivity contribution in [2.45, 2.75) is 38.6 Å². The molecule has 1 aromatic heterocycles.